The minimum Gasteiger partial charge on any atom is -0.466 e. The van der Waals surface area contributed by atoms with Crippen molar-refractivity contribution in [2.75, 3.05) is 20.3 Å². The number of nitrogens with one attached hydrogen (secondary N) is 1. The molecule has 0 aliphatic carbocycles. The number of nitro benzene ring substituents is 1. The van der Waals surface area contributed by atoms with E-state index in [1.165, 1.54) is 25.3 Å². The van der Waals surface area contributed by atoms with Gasteiger partial charge in [-0.2, -0.15) is 0 Å². The van der Waals surface area contributed by atoms with Crippen LogP contribution in [-0.2, 0) is 23.9 Å². The third-order valence-corrected chi connectivity index (χ3v) is 4.52. The summed E-state index contributed by atoms with van der Waals surface area (Å²) < 4.78 is 10.1. The van der Waals surface area contributed by atoms with Gasteiger partial charge in [0.25, 0.3) is 10.8 Å². The molecule has 1 aromatic rings. The topological polar surface area (TPSA) is 160 Å². The quantitative estimate of drug-likeness (QED) is 0.263. The predicted octanol–water partition coefficient (Wildman–Crippen LogP) is 2.14. The molecule has 1 aromatic carbocycles. The zero-order valence-electron chi connectivity index (χ0n) is 17.1. The van der Waals surface area contributed by atoms with E-state index in [0.717, 1.165) is 0 Å². The van der Waals surface area contributed by atoms with Crippen molar-refractivity contribution in [1.29, 1.82) is 0 Å². The van der Waals surface area contributed by atoms with Gasteiger partial charge in [0, 0.05) is 29.9 Å². The number of hydrogen-bond acceptors (Lipinski definition) is 10. The number of esters is 2. The van der Waals surface area contributed by atoms with E-state index >= 15 is 0 Å². The molecule has 0 fully saturated rings. The van der Waals surface area contributed by atoms with E-state index in [0.29, 0.717) is 17.0 Å². The number of non-ortho nitro benzene ring substituents is 1. The van der Waals surface area contributed by atoms with Crippen LogP contribution in [0.25, 0.3) is 0 Å². The number of dihydropyridines is 1. The Morgan fingerprint density at radius 3 is 2.29 bits per heavy atom. The molecule has 0 aromatic heterocycles. The van der Waals surface area contributed by atoms with Crippen molar-refractivity contribution in [3.63, 3.8) is 0 Å². The van der Waals surface area contributed by atoms with E-state index < -0.39 is 27.9 Å². The molecule has 0 unspecified atom stereocenters. The number of nitrogens with zero attached hydrogens (tertiary/aromatic N) is 2. The summed E-state index contributed by atoms with van der Waals surface area (Å²) in [5.41, 5.74) is 1.13. The molecule has 12 nitrogen and oxygen atoms in total. The molecule has 166 valence electrons. The molecule has 0 spiro atoms. The van der Waals surface area contributed by atoms with Gasteiger partial charge in [0.2, 0.25) is 0 Å². The molecule has 0 radical (unpaired) electrons. The fourth-order valence-electron chi connectivity index (χ4n) is 3.24. The highest BCUT2D eigenvalue weighted by atomic mass is 16.9. The Balaban J connectivity index is 2.41. The molecule has 0 saturated carbocycles. The Bertz CT molecular complexity index is 968. The number of allylic oxidation sites excluding steroid dienone is 2. The average molecular weight is 435 g/mol. The maximum absolute atomic E-state index is 12.9. The average Bonchev–Trinajstić information content (AvgIpc) is 2.72. The lowest BCUT2D eigenvalue weighted by molar-refractivity contribution is -0.757. The van der Waals surface area contributed by atoms with Crippen LogP contribution in [0.5, 0.6) is 0 Å². The summed E-state index contributed by atoms with van der Waals surface area (Å²) in [5.74, 6) is -2.47. The Kier molecular flexibility index (Phi) is 7.66. The smallest absolute Gasteiger partial charge is 0.336 e. The molecular formula is C19H21N3O9. The number of hydrogen-bond donors (Lipinski definition) is 1. The van der Waals surface area contributed by atoms with E-state index in [4.69, 9.17) is 9.47 Å². The number of rotatable bonds is 9. The normalized spacial score (nSPS) is 15.8. The standard InChI is InChI=1S/C19H21N3O9/c1-11-15(18(23)29-3)17(13-6-4-7-14(10-13)21(25)26)16(12(2)20-11)19(24)30-8-5-9-31-22(27)28/h4,6-7,10,17,20H,5,8-9H2,1-3H3/t17-/m1/s1. The first-order chi connectivity index (χ1) is 14.7. The van der Waals surface area contributed by atoms with Crippen LogP contribution in [0.1, 0.15) is 31.7 Å². The molecule has 2 rings (SSSR count). The van der Waals surface area contributed by atoms with E-state index in [2.05, 4.69) is 10.2 Å². The van der Waals surface area contributed by atoms with Gasteiger partial charge in [0.1, 0.15) is 0 Å². The van der Waals surface area contributed by atoms with Gasteiger partial charge >= 0.3 is 11.9 Å². The maximum Gasteiger partial charge on any atom is 0.336 e. The van der Waals surface area contributed by atoms with Crippen LogP contribution in [0.3, 0.4) is 0 Å². The number of methoxy groups -OCH3 is 1. The van der Waals surface area contributed by atoms with Crippen LogP contribution in [0.15, 0.2) is 46.8 Å². The molecule has 1 heterocycles. The predicted molar refractivity (Wildman–Crippen MR) is 105 cm³/mol. The molecule has 0 bridgehead atoms. The Labute approximate surface area is 176 Å². The van der Waals surface area contributed by atoms with Crippen molar-refractivity contribution in [3.05, 3.63) is 72.6 Å². The first-order valence-corrected chi connectivity index (χ1v) is 9.13. The number of ether oxygens (including phenoxy) is 2. The molecule has 1 N–H and O–H groups in total. The van der Waals surface area contributed by atoms with Crippen molar-refractivity contribution in [3.8, 4) is 0 Å². The highest BCUT2D eigenvalue weighted by Gasteiger charge is 2.38. The Morgan fingerprint density at radius 1 is 1.06 bits per heavy atom. The lowest BCUT2D eigenvalue weighted by atomic mass is 9.80. The van der Waals surface area contributed by atoms with Crippen molar-refractivity contribution in [2.24, 2.45) is 0 Å². The first-order valence-electron chi connectivity index (χ1n) is 9.13. The minimum absolute atomic E-state index is 0.0710. The second-order valence-electron chi connectivity index (χ2n) is 6.53. The third kappa shape index (κ3) is 5.56. The summed E-state index contributed by atoms with van der Waals surface area (Å²) >= 11 is 0. The van der Waals surface area contributed by atoms with Crippen molar-refractivity contribution >= 4 is 17.6 Å². The van der Waals surface area contributed by atoms with Gasteiger partial charge in [-0.15, -0.1) is 10.1 Å². The van der Waals surface area contributed by atoms with Crippen LogP contribution in [-0.4, -0.2) is 42.3 Å². The van der Waals surface area contributed by atoms with Gasteiger partial charge < -0.3 is 19.6 Å². The van der Waals surface area contributed by atoms with E-state index in [-0.39, 0.29) is 36.5 Å². The van der Waals surface area contributed by atoms with E-state index in [1.54, 1.807) is 19.9 Å². The zero-order chi connectivity index (χ0) is 23.1. The minimum atomic E-state index is -0.976. The van der Waals surface area contributed by atoms with Gasteiger partial charge in [-0.05, 0) is 19.4 Å². The van der Waals surface area contributed by atoms with Gasteiger partial charge in [0.15, 0.2) is 0 Å². The summed E-state index contributed by atoms with van der Waals surface area (Å²) in [4.78, 5) is 50.4. The van der Waals surface area contributed by atoms with Gasteiger partial charge in [-0.25, -0.2) is 9.59 Å². The molecule has 0 saturated heterocycles. The van der Waals surface area contributed by atoms with Gasteiger partial charge in [-0.3, -0.25) is 10.1 Å². The fraction of sp³-hybridized carbons (Fsp3) is 0.368. The second-order valence-corrected chi connectivity index (χ2v) is 6.53. The lowest BCUT2D eigenvalue weighted by Gasteiger charge is -2.30. The molecule has 0 amide bonds. The highest BCUT2D eigenvalue weighted by Crippen LogP contribution is 2.40. The Hall–Kier alpha value is -3.96. The van der Waals surface area contributed by atoms with Crippen LogP contribution in [0.4, 0.5) is 5.69 Å². The zero-order valence-corrected chi connectivity index (χ0v) is 17.1. The van der Waals surface area contributed by atoms with Crippen LogP contribution in [0, 0.1) is 20.2 Å². The summed E-state index contributed by atoms with van der Waals surface area (Å²) in [5, 5.41) is 23.4. The second kappa shape index (κ2) is 10.2. The first kappa shape index (κ1) is 23.3. The molecule has 1 aliphatic heterocycles. The SMILES string of the molecule is COC(=O)C1=C(C)NC(C)=C(C(=O)OCCCO[N+](=O)[O-])[C@@H]1c1cccc([N+](=O)[O-])c1. The van der Waals surface area contributed by atoms with Gasteiger partial charge in [0.05, 0.1) is 42.3 Å². The summed E-state index contributed by atoms with van der Waals surface area (Å²) in [6, 6.07) is 5.58. The van der Waals surface area contributed by atoms with Gasteiger partial charge in [-0.1, -0.05) is 12.1 Å². The number of carbonyl (C=O) groups excluding carboxylic acids is 2. The van der Waals surface area contributed by atoms with Crippen LogP contribution in [0.2, 0.25) is 0 Å². The van der Waals surface area contributed by atoms with Crippen LogP contribution >= 0.6 is 0 Å². The van der Waals surface area contributed by atoms with Crippen LogP contribution < -0.4 is 5.32 Å². The van der Waals surface area contributed by atoms with Crippen molar-refractivity contribution < 1.29 is 33.9 Å². The largest absolute Gasteiger partial charge is 0.466 e. The molecule has 1 atom stereocenters. The summed E-state index contributed by atoms with van der Waals surface area (Å²) in [6.07, 6.45) is 0.0761. The molecule has 1 aliphatic rings. The Morgan fingerprint density at radius 2 is 1.71 bits per heavy atom. The molecule has 31 heavy (non-hydrogen) atoms. The van der Waals surface area contributed by atoms with Crippen molar-refractivity contribution in [2.45, 2.75) is 26.2 Å². The van der Waals surface area contributed by atoms with E-state index in [1.807, 2.05) is 0 Å². The molecule has 12 heteroatoms. The summed E-state index contributed by atoms with van der Waals surface area (Å²) in [7, 11) is 1.19. The van der Waals surface area contributed by atoms with E-state index in [9.17, 15) is 29.8 Å². The summed E-state index contributed by atoms with van der Waals surface area (Å²) in [6.45, 7) is 2.81. The van der Waals surface area contributed by atoms with Crippen molar-refractivity contribution in [1.82, 2.24) is 5.32 Å². The third-order valence-electron chi connectivity index (χ3n) is 4.52. The highest BCUT2D eigenvalue weighted by molar-refractivity contribution is 5.99. The monoisotopic (exact) mass is 435 g/mol. The number of carbonyl (C=O) groups is 2. The maximum atomic E-state index is 12.9. The molecular weight excluding hydrogens is 414 g/mol. The number of benzene rings is 1. The lowest BCUT2D eigenvalue weighted by Crippen LogP contribution is -2.32. The fourth-order valence-corrected chi connectivity index (χ4v) is 3.24. The number of nitro groups is 1.